The SMILES string of the molecule is C=CCO[P+](=O)O. The average Bonchev–Trinajstić information content (AvgIpc) is 1.61. The number of hydrogen-bond donors (Lipinski definition) is 1. The molecule has 0 bridgehead atoms. The third-order valence-electron chi connectivity index (χ3n) is 0.303. The monoisotopic (exact) mass is 121 g/mol. The molecule has 0 aromatic carbocycles. The van der Waals surface area contributed by atoms with E-state index < -0.39 is 8.25 Å². The van der Waals surface area contributed by atoms with Crippen molar-refractivity contribution < 1.29 is 14.0 Å². The summed E-state index contributed by atoms with van der Waals surface area (Å²) in [5, 5.41) is 0. The molecule has 0 aromatic rings. The van der Waals surface area contributed by atoms with Gasteiger partial charge in [-0.05, 0) is 0 Å². The van der Waals surface area contributed by atoms with Gasteiger partial charge in [-0.2, -0.15) is 0 Å². The van der Waals surface area contributed by atoms with Crippen LogP contribution in [0.15, 0.2) is 12.7 Å². The normalized spacial score (nSPS) is 10.7. The lowest BCUT2D eigenvalue weighted by molar-refractivity contribution is 0.312. The zero-order chi connectivity index (χ0) is 5.70. The van der Waals surface area contributed by atoms with Crippen LogP contribution in [0, 0.1) is 0 Å². The fourth-order valence-corrected chi connectivity index (χ4v) is 0.349. The second-order valence-corrected chi connectivity index (χ2v) is 1.56. The molecule has 0 rings (SSSR count). The molecular weight excluding hydrogens is 115 g/mol. The highest BCUT2D eigenvalue weighted by Gasteiger charge is 2.07. The Bertz CT molecular complexity index is 80.2. The molecule has 0 saturated carbocycles. The van der Waals surface area contributed by atoms with Crippen LogP contribution in [0.3, 0.4) is 0 Å². The Morgan fingerprint density at radius 3 is 2.71 bits per heavy atom. The number of rotatable bonds is 3. The molecule has 4 heteroatoms. The Hall–Kier alpha value is -0.240. The van der Waals surface area contributed by atoms with Gasteiger partial charge in [0.25, 0.3) is 0 Å². The Balaban J connectivity index is 2.97. The summed E-state index contributed by atoms with van der Waals surface area (Å²) in [6, 6.07) is 0. The largest absolute Gasteiger partial charge is 0.695 e. The second-order valence-electron chi connectivity index (χ2n) is 0.822. The maximum absolute atomic E-state index is 9.64. The van der Waals surface area contributed by atoms with Crippen LogP contribution in [-0.4, -0.2) is 11.5 Å². The molecule has 0 spiro atoms. The lowest BCUT2D eigenvalue weighted by Gasteiger charge is -1.71. The number of hydrogen-bond acceptors (Lipinski definition) is 2. The summed E-state index contributed by atoms with van der Waals surface area (Å²) in [6.07, 6.45) is 1.41. The summed E-state index contributed by atoms with van der Waals surface area (Å²) in [6.45, 7) is 3.40. The van der Waals surface area contributed by atoms with Crippen LogP contribution in [-0.2, 0) is 9.09 Å². The average molecular weight is 121 g/mol. The Morgan fingerprint density at radius 2 is 2.57 bits per heavy atom. The quantitative estimate of drug-likeness (QED) is 0.444. The van der Waals surface area contributed by atoms with Crippen molar-refractivity contribution in [3.05, 3.63) is 12.7 Å². The minimum absolute atomic E-state index is 0.131. The van der Waals surface area contributed by atoms with Gasteiger partial charge in [0.1, 0.15) is 6.61 Å². The van der Waals surface area contributed by atoms with Crippen molar-refractivity contribution in [1.29, 1.82) is 0 Å². The molecule has 0 heterocycles. The van der Waals surface area contributed by atoms with Crippen LogP contribution in [0.5, 0.6) is 0 Å². The predicted octanol–water partition coefficient (Wildman–Crippen LogP) is 0.839. The van der Waals surface area contributed by atoms with Crippen molar-refractivity contribution >= 4 is 8.25 Å². The van der Waals surface area contributed by atoms with Gasteiger partial charge in [-0.25, -0.2) is 0 Å². The molecule has 0 saturated heterocycles. The molecule has 0 aliphatic heterocycles. The molecule has 0 radical (unpaired) electrons. The van der Waals surface area contributed by atoms with Gasteiger partial charge in [0.05, 0.1) is 0 Å². The molecule has 3 nitrogen and oxygen atoms in total. The first-order valence-electron chi connectivity index (χ1n) is 1.67. The lowest BCUT2D eigenvalue weighted by atomic mass is 10.7. The van der Waals surface area contributed by atoms with E-state index in [0.29, 0.717) is 0 Å². The Kier molecular flexibility index (Phi) is 3.80. The first-order chi connectivity index (χ1) is 3.27. The summed E-state index contributed by atoms with van der Waals surface area (Å²) >= 11 is 0. The smallest absolute Gasteiger partial charge is 0.133 e. The highest BCUT2D eigenvalue weighted by molar-refractivity contribution is 7.32. The van der Waals surface area contributed by atoms with E-state index in [4.69, 9.17) is 4.89 Å². The van der Waals surface area contributed by atoms with E-state index in [9.17, 15) is 4.57 Å². The summed E-state index contributed by atoms with van der Waals surface area (Å²) in [4.78, 5) is 7.92. The Morgan fingerprint density at radius 1 is 2.00 bits per heavy atom. The van der Waals surface area contributed by atoms with E-state index in [0.717, 1.165) is 0 Å². The van der Waals surface area contributed by atoms with Crippen molar-refractivity contribution in [1.82, 2.24) is 0 Å². The van der Waals surface area contributed by atoms with Gasteiger partial charge in [0.15, 0.2) is 0 Å². The standard InChI is InChI=1S/C3H5O3P/c1-2-3-6-7(4)5/h2H,1,3H2/p+1. The topological polar surface area (TPSA) is 46.5 Å². The van der Waals surface area contributed by atoms with E-state index >= 15 is 0 Å². The Labute approximate surface area is 42.6 Å². The lowest BCUT2D eigenvalue weighted by Crippen LogP contribution is -1.75. The molecule has 0 aromatic heterocycles. The van der Waals surface area contributed by atoms with Crippen LogP contribution in [0.2, 0.25) is 0 Å². The predicted molar refractivity (Wildman–Crippen MR) is 26.0 cm³/mol. The third-order valence-corrected chi connectivity index (χ3v) is 0.673. The van der Waals surface area contributed by atoms with Crippen LogP contribution in [0.4, 0.5) is 0 Å². The van der Waals surface area contributed by atoms with Crippen molar-refractivity contribution in [3.63, 3.8) is 0 Å². The summed E-state index contributed by atoms with van der Waals surface area (Å²) in [5.41, 5.74) is 0. The third kappa shape index (κ3) is 5.76. The van der Waals surface area contributed by atoms with Crippen LogP contribution in [0.25, 0.3) is 0 Å². The maximum atomic E-state index is 9.64. The molecular formula is C3H6O3P+. The van der Waals surface area contributed by atoms with Gasteiger partial charge in [0, 0.05) is 4.57 Å². The molecule has 1 atom stereocenters. The van der Waals surface area contributed by atoms with Crippen molar-refractivity contribution in [3.8, 4) is 0 Å². The van der Waals surface area contributed by atoms with E-state index in [2.05, 4.69) is 11.1 Å². The molecule has 0 amide bonds. The van der Waals surface area contributed by atoms with Crippen LogP contribution in [0.1, 0.15) is 0 Å². The van der Waals surface area contributed by atoms with E-state index in [1.165, 1.54) is 6.08 Å². The molecule has 0 aliphatic carbocycles. The van der Waals surface area contributed by atoms with Crippen molar-refractivity contribution in [2.45, 2.75) is 0 Å². The van der Waals surface area contributed by atoms with Gasteiger partial charge in [-0.15, -0.1) is 16.0 Å². The van der Waals surface area contributed by atoms with Gasteiger partial charge >= 0.3 is 8.25 Å². The molecule has 1 unspecified atom stereocenters. The molecule has 40 valence electrons. The second kappa shape index (κ2) is 3.93. The fraction of sp³-hybridized carbons (Fsp3) is 0.333. The zero-order valence-corrected chi connectivity index (χ0v) is 4.60. The van der Waals surface area contributed by atoms with Gasteiger partial charge < -0.3 is 0 Å². The molecule has 7 heavy (non-hydrogen) atoms. The van der Waals surface area contributed by atoms with Crippen LogP contribution >= 0.6 is 8.25 Å². The molecule has 0 aliphatic rings. The van der Waals surface area contributed by atoms with E-state index in [1.807, 2.05) is 0 Å². The summed E-state index contributed by atoms with van der Waals surface area (Å²) in [7, 11) is -2.43. The molecule has 0 fully saturated rings. The fourth-order valence-electron chi connectivity index (χ4n) is 0.116. The van der Waals surface area contributed by atoms with E-state index in [1.54, 1.807) is 0 Å². The molecule has 1 N–H and O–H groups in total. The first-order valence-corrected chi connectivity index (χ1v) is 2.80. The van der Waals surface area contributed by atoms with Gasteiger partial charge in [-0.1, -0.05) is 6.08 Å². The first kappa shape index (κ1) is 6.76. The van der Waals surface area contributed by atoms with Gasteiger partial charge in [-0.3, -0.25) is 0 Å². The zero-order valence-electron chi connectivity index (χ0n) is 3.70. The highest BCUT2D eigenvalue weighted by Crippen LogP contribution is 2.12. The summed E-state index contributed by atoms with van der Waals surface area (Å²) in [5.74, 6) is 0. The van der Waals surface area contributed by atoms with Gasteiger partial charge in [0.2, 0.25) is 0 Å². The van der Waals surface area contributed by atoms with Crippen molar-refractivity contribution in [2.24, 2.45) is 0 Å². The van der Waals surface area contributed by atoms with E-state index in [-0.39, 0.29) is 6.61 Å². The van der Waals surface area contributed by atoms with Crippen LogP contribution < -0.4 is 0 Å². The maximum Gasteiger partial charge on any atom is 0.695 e. The minimum atomic E-state index is -2.43. The van der Waals surface area contributed by atoms with Crippen molar-refractivity contribution in [2.75, 3.05) is 6.61 Å². The summed E-state index contributed by atoms with van der Waals surface area (Å²) < 4.78 is 13.8. The minimum Gasteiger partial charge on any atom is -0.133 e. The highest BCUT2D eigenvalue weighted by atomic mass is 31.1.